The number of carbonyl (C=O) groups is 1. The molecule has 0 saturated carbocycles. The van der Waals surface area contributed by atoms with Crippen molar-refractivity contribution in [1.82, 2.24) is 4.98 Å². The van der Waals surface area contributed by atoms with Gasteiger partial charge < -0.3 is 10.6 Å². The van der Waals surface area contributed by atoms with Gasteiger partial charge in [0, 0.05) is 17.4 Å². The number of carbonyl (C=O) groups excluding carboxylic acids is 1. The Morgan fingerprint density at radius 3 is 2.12 bits per heavy atom. The summed E-state index contributed by atoms with van der Waals surface area (Å²) in [6.45, 7) is 0. The fourth-order valence-electron chi connectivity index (χ4n) is 2.07. The average Bonchev–Trinajstić information content (AvgIpc) is 2.61. The third kappa shape index (κ3) is 4.14. The van der Waals surface area contributed by atoms with Crippen LogP contribution in [-0.2, 0) is 0 Å². The zero-order valence-corrected chi connectivity index (χ0v) is 12.8. The monoisotopic (exact) mass is 343 g/mol. The van der Waals surface area contributed by atoms with Crippen LogP contribution in [0.1, 0.15) is 10.5 Å². The van der Waals surface area contributed by atoms with Crippen molar-refractivity contribution < 1.29 is 18.0 Å². The second-order valence-corrected chi connectivity index (χ2v) is 5.15. The largest absolute Gasteiger partial charge is 0.354 e. The van der Waals surface area contributed by atoms with Crippen molar-refractivity contribution in [1.29, 1.82) is 0 Å². The van der Waals surface area contributed by atoms with Crippen molar-refractivity contribution >= 4 is 23.0 Å². The van der Waals surface area contributed by atoms with Gasteiger partial charge >= 0.3 is 0 Å². The maximum absolute atomic E-state index is 13.2. The van der Waals surface area contributed by atoms with E-state index in [0.29, 0.717) is 17.1 Å². The number of aromatic nitrogens is 1. The molecular formula is C18H12F3N3O. The fraction of sp³-hybridized carbons (Fsp3) is 0. The lowest BCUT2D eigenvalue weighted by Gasteiger charge is -2.08. The molecule has 7 heteroatoms. The van der Waals surface area contributed by atoms with E-state index >= 15 is 0 Å². The summed E-state index contributed by atoms with van der Waals surface area (Å²) in [6.07, 6.45) is 1.39. The Bertz CT molecular complexity index is 896. The van der Waals surface area contributed by atoms with Crippen molar-refractivity contribution in [2.45, 2.75) is 0 Å². The number of rotatable bonds is 4. The topological polar surface area (TPSA) is 54.0 Å². The first kappa shape index (κ1) is 16.5. The Hall–Kier alpha value is -3.35. The third-order valence-electron chi connectivity index (χ3n) is 3.31. The zero-order chi connectivity index (χ0) is 17.8. The van der Waals surface area contributed by atoms with Gasteiger partial charge in [0.2, 0.25) is 0 Å². The van der Waals surface area contributed by atoms with E-state index < -0.39 is 23.4 Å². The van der Waals surface area contributed by atoms with Gasteiger partial charge in [-0.15, -0.1) is 0 Å². The van der Waals surface area contributed by atoms with E-state index in [2.05, 4.69) is 15.6 Å². The molecule has 2 aromatic carbocycles. The second-order valence-electron chi connectivity index (χ2n) is 5.15. The highest BCUT2D eigenvalue weighted by Crippen LogP contribution is 2.19. The molecule has 0 atom stereocenters. The molecule has 0 unspecified atom stereocenters. The van der Waals surface area contributed by atoms with E-state index in [-0.39, 0.29) is 5.69 Å². The van der Waals surface area contributed by atoms with Crippen molar-refractivity contribution in [3.63, 3.8) is 0 Å². The highest BCUT2D eigenvalue weighted by atomic mass is 19.2. The van der Waals surface area contributed by atoms with E-state index in [1.165, 1.54) is 42.6 Å². The van der Waals surface area contributed by atoms with E-state index in [1.807, 2.05) is 0 Å². The molecular weight excluding hydrogens is 331 g/mol. The van der Waals surface area contributed by atoms with Gasteiger partial charge in [0.05, 0.1) is 11.9 Å². The maximum Gasteiger partial charge on any atom is 0.274 e. The number of hydrogen-bond donors (Lipinski definition) is 2. The Labute approximate surface area is 141 Å². The number of anilines is 3. The molecule has 1 amide bonds. The van der Waals surface area contributed by atoms with Crippen LogP contribution in [0.4, 0.5) is 30.2 Å². The Balaban J connectivity index is 1.67. The van der Waals surface area contributed by atoms with E-state index in [0.717, 1.165) is 12.1 Å². The summed E-state index contributed by atoms with van der Waals surface area (Å²) in [5.41, 5.74) is 1.45. The first-order chi connectivity index (χ1) is 12.0. The average molecular weight is 343 g/mol. The molecule has 25 heavy (non-hydrogen) atoms. The van der Waals surface area contributed by atoms with Gasteiger partial charge in [-0.05, 0) is 48.5 Å². The van der Waals surface area contributed by atoms with Crippen LogP contribution in [0.5, 0.6) is 0 Å². The van der Waals surface area contributed by atoms with Crippen LogP contribution in [0.3, 0.4) is 0 Å². The molecule has 0 radical (unpaired) electrons. The van der Waals surface area contributed by atoms with Gasteiger partial charge in [0.1, 0.15) is 11.5 Å². The van der Waals surface area contributed by atoms with Crippen molar-refractivity contribution in [2.24, 2.45) is 0 Å². The molecule has 126 valence electrons. The molecule has 1 aromatic heterocycles. The minimum Gasteiger partial charge on any atom is -0.354 e. The number of halogens is 3. The zero-order valence-electron chi connectivity index (χ0n) is 12.8. The molecule has 0 aliphatic rings. The SMILES string of the molecule is O=C(Nc1ccc(F)cc1)c1ccc(Nc2ccc(F)c(F)c2)cn1. The first-order valence-electron chi connectivity index (χ1n) is 7.26. The predicted octanol–water partition coefficient (Wildman–Crippen LogP) is 4.49. The summed E-state index contributed by atoms with van der Waals surface area (Å²) in [5, 5.41) is 5.44. The summed E-state index contributed by atoms with van der Waals surface area (Å²) in [6, 6.07) is 11.8. The molecule has 0 saturated heterocycles. The maximum atomic E-state index is 13.2. The summed E-state index contributed by atoms with van der Waals surface area (Å²) in [7, 11) is 0. The van der Waals surface area contributed by atoms with Crippen molar-refractivity contribution in [2.75, 3.05) is 10.6 Å². The summed E-state index contributed by atoms with van der Waals surface area (Å²) in [5.74, 6) is -2.75. The molecule has 3 rings (SSSR count). The van der Waals surface area contributed by atoms with Crippen LogP contribution in [0.15, 0.2) is 60.8 Å². The quantitative estimate of drug-likeness (QED) is 0.734. The van der Waals surface area contributed by atoms with Crippen LogP contribution in [0.25, 0.3) is 0 Å². The smallest absolute Gasteiger partial charge is 0.274 e. The lowest BCUT2D eigenvalue weighted by atomic mass is 10.2. The van der Waals surface area contributed by atoms with Gasteiger partial charge in [0.15, 0.2) is 11.6 Å². The van der Waals surface area contributed by atoms with E-state index in [1.54, 1.807) is 6.07 Å². The van der Waals surface area contributed by atoms with Gasteiger partial charge in [-0.3, -0.25) is 4.79 Å². The van der Waals surface area contributed by atoms with Gasteiger partial charge in [-0.25, -0.2) is 18.2 Å². The summed E-state index contributed by atoms with van der Waals surface area (Å²) in [4.78, 5) is 16.1. The third-order valence-corrected chi connectivity index (χ3v) is 3.31. The minimum absolute atomic E-state index is 0.153. The number of nitrogens with one attached hydrogen (secondary N) is 2. The Morgan fingerprint density at radius 1 is 0.800 bits per heavy atom. The molecule has 4 nitrogen and oxygen atoms in total. The molecule has 2 N–H and O–H groups in total. The van der Waals surface area contributed by atoms with Gasteiger partial charge in [-0.2, -0.15) is 0 Å². The lowest BCUT2D eigenvalue weighted by Crippen LogP contribution is -2.13. The molecule has 0 aliphatic heterocycles. The minimum atomic E-state index is -0.965. The molecule has 1 heterocycles. The van der Waals surface area contributed by atoms with E-state index in [9.17, 15) is 18.0 Å². The van der Waals surface area contributed by atoms with E-state index in [4.69, 9.17) is 0 Å². The Morgan fingerprint density at radius 2 is 1.48 bits per heavy atom. The van der Waals surface area contributed by atoms with Crippen LogP contribution in [0.2, 0.25) is 0 Å². The summed E-state index contributed by atoms with van der Waals surface area (Å²) < 4.78 is 38.9. The Kier molecular flexibility index (Phi) is 4.65. The van der Waals surface area contributed by atoms with Crippen molar-refractivity contribution in [3.8, 4) is 0 Å². The molecule has 0 aliphatic carbocycles. The fourth-order valence-corrected chi connectivity index (χ4v) is 2.07. The number of nitrogens with zero attached hydrogens (tertiary/aromatic N) is 1. The van der Waals surface area contributed by atoms with Gasteiger partial charge in [0.25, 0.3) is 5.91 Å². The summed E-state index contributed by atoms with van der Waals surface area (Å²) >= 11 is 0. The highest BCUT2D eigenvalue weighted by Gasteiger charge is 2.08. The van der Waals surface area contributed by atoms with Crippen LogP contribution in [-0.4, -0.2) is 10.9 Å². The number of amides is 1. The number of benzene rings is 2. The first-order valence-corrected chi connectivity index (χ1v) is 7.26. The normalized spacial score (nSPS) is 10.4. The lowest BCUT2D eigenvalue weighted by molar-refractivity contribution is 0.102. The predicted molar refractivity (Wildman–Crippen MR) is 88.2 cm³/mol. The number of hydrogen-bond acceptors (Lipinski definition) is 3. The van der Waals surface area contributed by atoms with Crippen LogP contribution in [0, 0.1) is 17.5 Å². The molecule has 0 fully saturated rings. The second kappa shape index (κ2) is 7.04. The van der Waals surface area contributed by atoms with Gasteiger partial charge in [-0.1, -0.05) is 0 Å². The standard InChI is InChI=1S/C18H12F3N3O/c19-11-1-3-12(4-2-11)24-18(25)17-8-6-14(10-22-17)23-13-5-7-15(20)16(21)9-13/h1-10,23H,(H,24,25). The van der Waals surface area contributed by atoms with Crippen molar-refractivity contribution in [3.05, 3.63) is 83.9 Å². The van der Waals surface area contributed by atoms with Crippen LogP contribution >= 0.6 is 0 Å². The highest BCUT2D eigenvalue weighted by molar-refractivity contribution is 6.02. The molecule has 0 spiro atoms. The number of pyridine rings is 1. The molecule has 3 aromatic rings. The molecule has 0 bridgehead atoms. The van der Waals surface area contributed by atoms with Crippen LogP contribution < -0.4 is 10.6 Å².